The average molecular weight is 313 g/mol. The van der Waals surface area contributed by atoms with Crippen LogP contribution in [-0.2, 0) is 4.74 Å². The van der Waals surface area contributed by atoms with Gasteiger partial charge in [0.1, 0.15) is 24.2 Å². The van der Waals surface area contributed by atoms with Gasteiger partial charge in [0.15, 0.2) is 0 Å². The van der Waals surface area contributed by atoms with Crippen LogP contribution in [0.4, 0.5) is 0 Å². The zero-order chi connectivity index (χ0) is 15.9. The number of benzene rings is 2. The minimum atomic E-state index is 0.0422. The van der Waals surface area contributed by atoms with Crippen LogP contribution < -0.4 is 14.8 Å². The van der Waals surface area contributed by atoms with E-state index >= 15 is 0 Å². The Kier molecular flexibility index (Phi) is 5.51. The SMILES string of the molecule is CCOc1ccc(OC[C@@H]2CNC[C@@H](c3ccccc3)O2)cc1. The summed E-state index contributed by atoms with van der Waals surface area (Å²) in [6.45, 7) is 4.82. The molecule has 1 aliphatic heterocycles. The second kappa shape index (κ2) is 7.99. The number of hydrogen-bond donors (Lipinski definition) is 1. The van der Waals surface area contributed by atoms with E-state index < -0.39 is 0 Å². The van der Waals surface area contributed by atoms with Gasteiger partial charge in [-0.3, -0.25) is 0 Å². The summed E-state index contributed by atoms with van der Waals surface area (Å²) in [6.07, 6.45) is 0.124. The maximum atomic E-state index is 6.14. The second-order valence-corrected chi connectivity index (χ2v) is 5.53. The largest absolute Gasteiger partial charge is 0.494 e. The fourth-order valence-electron chi connectivity index (χ4n) is 2.65. The number of hydrogen-bond acceptors (Lipinski definition) is 4. The molecule has 0 spiro atoms. The summed E-state index contributed by atoms with van der Waals surface area (Å²) in [6, 6.07) is 18.0. The van der Waals surface area contributed by atoms with Gasteiger partial charge in [0.05, 0.1) is 12.7 Å². The van der Waals surface area contributed by atoms with Crippen molar-refractivity contribution < 1.29 is 14.2 Å². The molecule has 0 saturated carbocycles. The lowest BCUT2D eigenvalue weighted by atomic mass is 10.1. The van der Waals surface area contributed by atoms with Gasteiger partial charge >= 0.3 is 0 Å². The third-order valence-electron chi connectivity index (χ3n) is 3.80. The Morgan fingerprint density at radius 3 is 2.35 bits per heavy atom. The summed E-state index contributed by atoms with van der Waals surface area (Å²) < 4.78 is 17.4. The summed E-state index contributed by atoms with van der Waals surface area (Å²) in [4.78, 5) is 0. The monoisotopic (exact) mass is 313 g/mol. The van der Waals surface area contributed by atoms with E-state index in [4.69, 9.17) is 14.2 Å². The lowest BCUT2D eigenvalue weighted by Gasteiger charge is -2.31. The number of rotatable bonds is 6. The smallest absolute Gasteiger partial charge is 0.119 e. The van der Waals surface area contributed by atoms with Crippen molar-refractivity contribution in [1.82, 2.24) is 5.32 Å². The summed E-state index contributed by atoms with van der Waals surface area (Å²) in [5.74, 6) is 1.69. The molecular weight excluding hydrogens is 290 g/mol. The average Bonchev–Trinajstić information content (AvgIpc) is 2.62. The Bertz CT molecular complexity index is 585. The quantitative estimate of drug-likeness (QED) is 0.889. The highest BCUT2D eigenvalue weighted by atomic mass is 16.5. The van der Waals surface area contributed by atoms with Crippen LogP contribution in [0, 0.1) is 0 Å². The molecule has 0 amide bonds. The minimum Gasteiger partial charge on any atom is -0.494 e. The predicted molar refractivity (Wildman–Crippen MR) is 90.0 cm³/mol. The van der Waals surface area contributed by atoms with Crippen molar-refractivity contribution in [2.24, 2.45) is 0 Å². The van der Waals surface area contributed by atoms with E-state index in [1.807, 2.05) is 49.4 Å². The standard InChI is InChI=1S/C19H23NO3/c1-2-21-16-8-10-17(11-9-16)22-14-18-12-20-13-19(23-18)15-6-4-3-5-7-15/h3-11,18-20H,2,12-14H2,1H3/t18-,19-/m0/s1. The van der Waals surface area contributed by atoms with Crippen molar-refractivity contribution >= 4 is 0 Å². The van der Waals surface area contributed by atoms with Gasteiger partial charge in [-0.25, -0.2) is 0 Å². The fraction of sp³-hybridized carbons (Fsp3) is 0.368. The first-order valence-electron chi connectivity index (χ1n) is 8.12. The Balaban J connectivity index is 1.52. The fourth-order valence-corrected chi connectivity index (χ4v) is 2.65. The van der Waals surface area contributed by atoms with Crippen molar-refractivity contribution in [1.29, 1.82) is 0 Å². The zero-order valence-electron chi connectivity index (χ0n) is 13.4. The molecule has 1 fully saturated rings. The lowest BCUT2D eigenvalue weighted by molar-refractivity contribution is -0.0574. The maximum Gasteiger partial charge on any atom is 0.119 e. The first-order chi connectivity index (χ1) is 11.3. The zero-order valence-corrected chi connectivity index (χ0v) is 13.4. The summed E-state index contributed by atoms with van der Waals surface area (Å²) in [5.41, 5.74) is 1.20. The molecule has 0 aliphatic carbocycles. The van der Waals surface area contributed by atoms with Crippen molar-refractivity contribution in [2.45, 2.75) is 19.1 Å². The van der Waals surface area contributed by atoms with E-state index in [0.717, 1.165) is 24.6 Å². The third-order valence-corrected chi connectivity index (χ3v) is 3.80. The van der Waals surface area contributed by atoms with E-state index in [-0.39, 0.29) is 12.2 Å². The van der Waals surface area contributed by atoms with E-state index in [1.54, 1.807) is 0 Å². The molecule has 2 atom stereocenters. The topological polar surface area (TPSA) is 39.7 Å². The van der Waals surface area contributed by atoms with E-state index in [1.165, 1.54) is 5.56 Å². The Hall–Kier alpha value is -2.04. The number of nitrogens with one attached hydrogen (secondary N) is 1. The van der Waals surface area contributed by atoms with Crippen molar-refractivity contribution in [2.75, 3.05) is 26.3 Å². The van der Waals surface area contributed by atoms with Gasteiger partial charge < -0.3 is 19.5 Å². The van der Waals surface area contributed by atoms with Crippen LogP contribution in [0.2, 0.25) is 0 Å². The minimum absolute atomic E-state index is 0.0422. The lowest BCUT2D eigenvalue weighted by Crippen LogP contribution is -2.43. The maximum absolute atomic E-state index is 6.14. The van der Waals surface area contributed by atoms with Crippen LogP contribution in [0.3, 0.4) is 0 Å². The molecule has 122 valence electrons. The van der Waals surface area contributed by atoms with Crippen molar-refractivity contribution in [3.8, 4) is 11.5 Å². The van der Waals surface area contributed by atoms with Crippen LogP contribution in [0.1, 0.15) is 18.6 Å². The predicted octanol–water partition coefficient (Wildman–Crippen LogP) is 3.19. The number of ether oxygens (including phenoxy) is 3. The molecule has 2 aromatic rings. The van der Waals surface area contributed by atoms with Crippen molar-refractivity contribution in [3.63, 3.8) is 0 Å². The Labute approximate surface area is 137 Å². The van der Waals surface area contributed by atoms with Gasteiger partial charge in [-0.1, -0.05) is 30.3 Å². The summed E-state index contributed by atoms with van der Waals surface area (Å²) in [5, 5.41) is 3.42. The first kappa shape index (κ1) is 15.8. The highest BCUT2D eigenvalue weighted by Gasteiger charge is 2.23. The molecule has 23 heavy (non-hydrogen) atoms. The van der Waals surface area contributed by atoms with Crippen LogP contribution in [0.25, 0.3) is 0 Å². The molecule has 1 heterocycles. The van der Waals surface area contributed by atoms with E-state index in [2.05, 4.69) is 17.4 Å². The molecule has 1 aliphatic rings. The van der Waals surface area contributed by atoms with Gasteiger partial charge in [0.2, 0.25) is 0 Å². The highest BCUT2D eigenvalue weighted by molar-refractivity contribution is 5.31. The van der Waals surface area contributed by atoms with Gasteiger partial charge in [-0.15, -0.1) is 0 Å². The molecule has 4 nitrogen and oxygen atoms in total. The Morgan fingerprint density at radius 2 is 1.65 bits per heavy atom. The molecule has 1 N–H and O–H groups in total. The third kappa shape index (κ3) is 4.47. The number of morpholine rings is 1. The molecule has 0 radical (unpaired) electrons. The molecule has 1 saturated heterocycles. The van der Waals surface area contributed by atoms with Crippen LogP contribution >= 0.6 is 0 Å². The summed E-state index contributed by atoms with van der Waals surface area (Å²) in [7, 11) is 0. The first-order valence-corrected chi connectivity index (χ1v) is 8.12. The van der Waals surface area contributed by atoms with Crippen LogP contribution in [-0.4, -0.2) is 32.4 Å². The molecule has 4 heteroatoms. The van der Waals surface area contributed by atoms with Gasteiger partial charge in [0.25, 0.3) is 0 Å². The van der Waals surface area contributed by atoms with Crippen molar-refractivity contribution in [3.05, 3.63) is 60.2 Å². The van der Waals surface area contributed by atoms with E-state index in [0.29, 0.717) is 13.2 Å². The van der Waals surface area contributed by atoms with Gasteiger partial charge in [-0.05, 0) is 36.8 Å². The molecular formula is C19H23NO3. The molecule has 2 aromatic carbocycles. The Morgan fingerprint density at radius 1 is 0.957 bits per heavy atom. The molecule has 0 unspecified atom stereocenters. The van der Waals surface area contributed by atoms with E-state index in [9.17, 15) is 0 Å². The normalized spacial score (nSPS) is 20.9. The summed E-state index contributed by atoms with van der Waals surface area (Å²) >= 11 is 0. The highest BCUT2D eigenvalue weighted by Crippen LogP contribution is 2.22. The molecule has 0 aromatic heterocycles. The van der Waals surface area contributed by atoms with Crippen LogP contribution in [0.15, 0.2) is 54.6 Å². The molecule has 3 rings (SSSR count). The van der Waals surface area contributed by atoms with Crippen LogP contribution in [0.5, 0.6) is 11.5 Å². The second-order valence-electron chi connectivity index (χ2n) is 5.53. The molecule has 0 bridgehead atoms. The van der Waals surface area contributed by atoms with Gasteiger partial charge in [-0.2, -0.15) is 0 Å². The van der Waals surface area contributed by atoms with Gasteiger partial charge in [0, 0.05) is 13.1 Å².